The molecule has 0 heterocycles. The van der Waals surface area contributed by atoms with Gasteiger partial charge in [-0.3, -0.25) is 9.10 Å². The first-order valence-corrected chi connectivity index (χ1v) is 10.1. The van der Waals surface area contributed by atoms with Gasteiger partial charge in [-0.1, -0.05) is 35.3 Å². The van der Waals surface area contributed by atoms with Crippen molar-refractivity contribution in [2.45, 2.75) is 0 Å². The van der Waals surface area contributed by atoms with Gasteiger partial charge in [0, 0.05) is 10.0 Å². The minimum absolute atomic E-state index is 0.144. The van der Waals surface area contributed by atoms with Crippen molar-refractivity contribution in [1.82, 2.24) is 0 Å². The highest BCUT2D eigenvalue weighted by atomic mass is 35.5. The lowest BCUT2D eigenvalue weighted by Crippen LogP contribution is -2.37. The highest BCUT2D eigenvalue weighted by Crippen LogP contribution is 2.27. The van der Waals surface area contributed by atoms with Crippen molar-refractivity contribution in [1.29, 1.82) is 0 Å². The van der Waals surface area contributed by atoms with Gasteiger partial charge in [-0.25, -0.2) is 13.2 Å². The average Bonchev–Trinajstić information content (AvgIpc) is 2.57. The molecule has 10 heteroatoms. The summed E-state index contributed by atoms with van der Waals surface area (Å²) in [4.78, 5) is 24.2. The first kappa shape index (κ1) is 21.0. The van der Waals surface area contributed by atoms with Gasteiger partial charge in [0.05, 0.1) is 30.3 Å². The van der Waals surface area contributed by atoms with Crippen LogP contribution in [-0.4, -0.2) is 40.2 Å². The van der Waals surface area contributed by atoms with Gasteiger partial charge in [0.2, 0.25) is 15.9 Å². The van der Waals surface area contributed by atoms with Crippen molar-refractivity contribution in [3.8, 4) is 0 Å². The number of hydrogen-bond acceptors (Lipinski definition) is 5. The molecular formula is C17H16Cl2N2O5S. The van der Waals surface area contributed by atoms with E-state index in [2.05, 4.69) is 10.1 Å². The maximum absolute atomic E-state index is 12.4. The molecule has 144 valence electrons. The second-order valence-electron chi connectivity index (χ2n) is 5.48. The maximum atomic E-state index is 12.4. The van der Waals surface area contributed by atoms with Crippen LogP contribution < -0.4 is 9.62 Å². The second kappa shape index (κ2) is 8.60. The normalized spacial score (nSPS) is 11.0. The first-order chi connectivity index (χ1) is 12.6. The summed E-state index contributed by atoms with van der Waals surface area (Å²) in [5, 5.41) is 2.96. The third kappa shape index (κ3) is 5.59. The van der Waals surface area contributed by atoms with E-state index in [-0.39, 0.29) is 27.0 Å². The van der Waals surface area contributed by atoms with Gasteiger partial charge >= 0.3 is 5.97 Å². The van der Waals surface area contributed by atoms with Gasteiger partial charge in [0.25, 0.3) is 0 Å². The van der Waals surface area contributed by atoms with E-state index < -0.39 is 28.4 Å². The number of para-hydroxylation sites is 1. The van der Waals surface area contributed by atoms with Crippen LogP contribution in [0.3, 0.4) is 0 Å². The number of ether oxygens (including phenoxy) is 1. The molecule has 0 aliphatic heterocycles. The summed E-state index contributed by atoms with van der Waals surface area (Å²) < 4.78 is 29.8. The number of nitrogens with one attached hydrogen (secondary N) is 1. The van der Waals surface area contributed by atoms with Gasteiger partial charge in [-0.15, -0.1) is 0 Å². The molecule has 0 spiro atoms. The highest BCUT2D eigenvalue weighted by molar-refractivity contribution is 7.92. The molecule has 0 radical (unpaired) electrons. The molecule has 0 saturated heterocycles. The largest absolute Gasteiger partial charge is 0.465 e. The number of benzene rings is 2. The lowest BCUT2D eigenvalue weighted by molar-refractivity contribution is -0.114. The Labute approximate surface area is 166 Å². The van der Waals surface area contributed by atoms with Crippen molar-refractivity contribution in [3.63, 3.8) is 0 Å². The molecule has 0 aromatic heterocycles. The Morgan fingerprint density at radius 3 is 2.26 bits per heavy atom. The lowest BCUT2D eigenvalue weighted by atomic mass is 10.2. The molecule has 7 nitrogen and oxygen atoms in total. The van der Waals surface area contributed by atoms with E-state index >= 15 is 0 Å². The summed E-state index contributed by atoms with van der Waals surface area (Å²) in [6.45, 7) is -0.537. The Balaban J connectivity index is 2.30. The molecule has 2 rings (SSSR count). The number of rotatable bonds is 6. The molecule has 0 fully saturated rings. The summed E-state index contributed by atoms with van der Waals surface area (Å²) in [6, 6.07) is 10.4. The summed E-state index contributed by atoms with van der Waals surface area (Å²) in [6.07, 6.45) is 0.956. The van der Waals surface area contributed by atoms with Crippen LogP contribution in [0.2, 0.25) is 10.0 Å². The Morgan fingerprint density at radius 2 is 1.70 bits per heavy atom. The standard InChI is InChI=1S/C17H16Cl2N2O5S/c1-26-17(23)14-5-3-4-6-15(14)20-16(22)10-21(27(2,24)25)13-8-11(18)7-12(19)9-13/h3-9H,10H2,1-2H3,(H,20,22). The Kier molecular flexibility index (Phi) is 6.69. The molecule has 0 aliphatic carbocycles. The summed E-state index contributed by atoms with van der Waals surface area (Å²) >= 11 is 11.8. The van der Waals surface area contributed by atoms with E-state index in [0.29, 0.717) is 0 Å². The fourth-order valence-corrected chi connectivity index (χ4v) is 3.64. The minimum Gasteiger partial charge on any atom is -0.465 e. The number of nitrogens with zero attached hydrogens (tertiary/aromatic N) is 1. The zero-order chi connectivity index (χ0) is 20.2. The fourth-order valence-electron chi connectivity index (χ4n) is 2.28. The van der Waals surface area contributed by atoms with Gasteiger partial charge in [-0.05, 0) is 30.3 Å². The molecule has 0 saturated carbocycles. The van der Waals surface area contributed by atoms with E-state index in [4.69, 9.17) is 23.2 Å². The molecule has 0 unspecified atom stereocenters. The van der Waals surface area contributed by atoms with Crippen LogP contribution in [0.1, 0.15) is 10.4 Å². The molecule has 1 amide bonds. The zero-order valence-corrected chi connectivity index (χ0v) is 16.7. The first-order valence-electron chi connectivity index (χ1n) is 7.53. The predicted octanol–water partition coefficient (Wildman–Crippen LogP) is 3.18. The van der Waals surface area contributed by atoms with Crippen LogP contribution in [0.4, 0.5) is 11.4 Å². The molecule has 0 aliphatic rings. The lowest BCUT2D eigenvalue weighted by Gasteiger charge is -2.22. The number of carbonyl (C=O) groups excluding carboxylic acids is 2. The van der Waals surface area contributed by atoms with Gasteiger partial charge in [0.1, 0.15) is 6.54 Å². The van der Waals surface area contributed by atoms with Crippen LogP contribution in [0.15, 0.2) is 42.5 Å². The maximum Gasteiger partial charge on any atom is 0.339 e. The Bertz CT molecular complexity index is 959. The molecule has 0 atom stereocenters. The SMILES string of the molecule is COC(=O)c1ccccc1NC(=O)CN(c1cc(Cl)cc(Cl)c1)S(C)(=O)=O. The number of anilines is 2. The van der Waals surface area contributed by atoms with E-state index in [9.17, 15) is 18.0 Å². The zero-order valence-electron chi connectivity index (χ0n) is 14.4. The van der Waals surface area contributed by atoms with Crippen molar-refractivity contribution in [3.05, 3.63) is 58.1 Å². The van der Waals surface area contributed by atoms with E-state index in [1.807, 2.05) is 0 Å². The average molecular weight is 431 g/mol. The summed E-state index contributed by atoms with van der Waals surface area (Å²) in [5.41, 5.74) is 0.489. The van der Waals surface area contributed by atoms with Crippen molar-refractivity contribution in [2.24, 2.45) is 0 Å². The number of amides is 1. The predicted molar refractivity (Wildman–Crippen MR) is 105 cm³/mol. The van der Waals surface area contributed by atoms with Crippen molar-refractivity contribution in [2.75, 3.05) is 29.5 Å². The summed E-state index contributed by atoms with van der Waals surface area (Å²) in [5.74, 6) is -1.29. The van der Waals surface area contributed by atoms with Gasteiger partial charge < -0.3 is 10.1 Å². The second-order valence-corrected chi connectivity index (χ2v) is 8.26. The van der Waals surface area contributed by atoms with Crippen LogP contribution in [0.5, 0.6) is 0 Å². The minimum atomic E-state index is -3.81. The highest BCUT2D eigenvalue weighted by Gasteiger charge is 2.23. The van der Waals surface area contributed by atoms with E-state index in [0.717, 1.165) is 10.6 Å². The van der Waals surface area contributed by atoms with E-state index in [1.54, 1.807) is 12.1 Å². The molecule has 27 heavy (non-hydrogen) atoms. The van der Waals surface area contributed by atoms with Crippen LogP contribution in [0, 0.1) is 0 Å². The van der Waals surface area contributed by atoms with Gasteiger partial charge in [-0.2, -0.15) is 0 Å². The monoisotopic (exact) mass is 430 g/mol. The number of esters is 1. The Morgan fingerprint density at radius 1 is 1.11 bits per heavy atom. The Hall–Kier alpha value is -2.29. The molecule has 0 bridgehead atoms. The topological polar surface area (TPSA) is 92.8 Å². The van der Waals surface area contributed by atoms with Crippen molar-refractivity contribution < 1.29 is 22.7 Å². The van der Waals surface area contributed by atoms with Crippen LogP contribution in [0.25, 0.3) is 0 Å². The van der Waals surface area contributed by atoms with Crippen molar-refractivity contribution >= 4 is 56.5 Å². The summed E-state index contributed by atoms with van der Waals surface area (Å²) in [7, 11) is -2.59. The van der Waals surface area contributed by atoms with E-state index in [1.165, 1.54) is 37.4 Å². The molecule has 2 aromatic rings. The molecule has 2 aromatic carbocycles. The van der Waals surface area contributed by atoms with Crippen LogP contribution >= 0.6 is 23.2 Å². The quantitative estimate of drug-likeness (QED) is 0.710. The molecule has 1 N–H and O–H groups in total. The molecular weight excluding hydrogens is 415 g/mol. The van der Waals surface area contributed by atoms with Crippen LogP contribution in [-0.2, 0) is 19.6 Å². The third-order valence-electron chi connectivity index (χ3n) is 3.43. The van der Waals surface area contributed by atoms with Gasteiger partial charge in [0.15, 0.2) is 0 Å². The smallest absolute Gasteiger partial charge is 0.339 e. The third-order valence-corrected chi connectivity index (χ3v) is 5.01. The number of hydrogen-bond donors (Lipinski definition) is 1. The number of sulfonamides is 1. The fraction of sp³-hybridized carbons (Fsp3) is 0.176. The number of carbonyl (C=O) groups is 2. The number of halogens is 2. The number of methoxy groups -OCH3 is 1.